The number of rotatable bonds is 7. The highest BCUT2D eigenvalue weighted by molar-refractivity contribution is 7.99. The number of non-ortho nitro benzene ring substituents is 1. The van der Waals surface area contributed by atoms with Crippen LogP contribution in [0.15, 0.2) is 24.3 Å². The van der Waals surface area contributed by atoms with Gasteiger partial charge in [0, 0.05) is 30.0 Å². The minimum Gasteiger partial charge on any atom is -0.307 e. The van der Waals surface area contributed by atoms with Crippen molar-refractivity contribution in [3.8, 4) is 0 Å². The van der Waals surface area contributed by atoms with Gasteiger partial charge in [-0.05, 0) is 25.2 Å². The lowest BCUT2D eigenvalue weighted by molar-refractivity contribution is -0.384. The van der Waals surface area contributed by atoms with E-state index in [1.54, 1.807) is 12.1 Å². The van der Waals surface area contributed by atoms with E-state index >= 15 is 0 Å². The highest BCUT2D eigenvalue weighted by Crippen LogP contribution is 2.19. The van der Waals surface area contributed by atoms with E-state index in [4.69, 9.17) is 0 Å². The molecule has 4 nitrogen and oxygen atoms in total. The fourth-order valence-corrected chi connectivity index (χ4v) is 2.46. The van der Waals surface area contributed by atoms with Crippen molar-refractivity contribution < 1.29 is 4.92 Å². The van der Waals surface area contributed by atoms with Gasteiger partial charge in [-0.25, -0.2) is 0 Å². The maximum absolute atomic E-state index is 10.7. The van der Waals surface area contributed by atoms with E-state index in [1.165, 1.54) is 6.07 Å². The molecule has 1 aromatic carbocycles. The van der Waals surface area contributed by atoms with Gasteiger partial charge >= 0.3 is 0 Å². The Balaban J connectivity index is 2.63. The van der Waals surface area contributed by atoms with E-state index in [1.807, 2.05) is 24.8 Å². The molecule has 2 atom stereocenters. The molecule has 1 N–H and O–H groups in total. The lowest BCUT2D eigenvalue weighted by Crippen LogP contribution is -2.30. The Morgan fingerprint density at radius 2 is 2.17 bits per heavy atom. The Bertz CT molecular complexity index is 398. The van der Waals surface area contributed by atoms with Crippen LogP contribution in [0.4, 0.5) is 5.69 Å². The summed E-state index contributed by atoms with van der Waals surface area (Å²) >= 11 is 1.89. The molecule has 100 valence electrons. The summed E-state index contributed by atoms with van der Waals surface area (Å²) in [6.45, 7) is 6.31. The van der Waals surface area contributed by atoms with Crippen molar-refractivity contribution in [3.05, 3.63) is 39.9 Å². The predicted octanol–water partition coefficient (Wildman–Crippen LogP) is 3.39. The van der Waals surface area contributed by atoms with Crippen molar-refractivity contribution >= 4 is 17.4 Å². The molecule has 2 unspecified atom stereocenters. The zero-order chi connectivity index (χ0) is 13.5. The first-order valence-corrected chi connectivity index (χ1v) is 7.28. The van der Waals surface area contributed by atoms with Gasteiger partial charge in [-0.2, -0.15) is 11.8 Å². The van der Waals surface area contributed by atoms with Gasteiger partial charge in [0.25, 0.3) is 5.69 Å². The van der Waals surface area contributed by atoms with Crippen molar-refractivity contribution in [2.45, 2.75) is 32.9 Å². The van der Waals surface area contributed by atoms with Crippen LogP contribution in [0.3, 0.4) is 0 Å². The lowest BCUT2D eigenvalue weighted by atomic mass is 10.1. The minimum atomic E-state index is -0.355. The summed E-state index contributed by atoms with van der Waals surface area (Å²) in [4.78, 5) is 10.4. The second-order valence-electron chi connectivity index (χ2n) is 4.30. The van der Waals surface area contributed by atoms with Gasteiger partial charge in [-0.15, -0.1) is 0 Å². The topological polar surface area (TPSA) is 55.2 Å². The molecule has 0 saturated carbocycles. The zero-order valence-electron chi connectivity index (χ0n) is 11.1. The van der Waals surface area contributed by atoms with E-state index < -0.39 is 0 Å². The van der Waals surface area contributed by atoms with Crippen molar-refractivity contribution in [2.24, 2.45) is 0 Å². The quantitative estimate of drug-likeness (QED) is 0.608. The summed E-state index contributed by atoms with van der Waals surface area (Å²) in [6.07, 6.45) is 0. The molecule has 0 radical (unpaired) electrons. The van der Waals surface area contributed by atoms with Crippen LogP contribution < -0.4 is 5.32 Å². The van der Waals surface area contributed by atoms with Crippen LogP contribution in [0.1, 0.15) is 32.4 Å². The SMILES string of the molecule is CCSCC(C)NC(C)c1cccc([N+](=O)[O-])c1. The molecule has 0 heterocycles. The number of benzene rings is 1. The number of hydrogen-bond donors (Lipinski definition) is 1. The highest BCUT2D eigenvalue weighted by Gasteiger charge is 2.12. The minimum absolute atomic E-state index is 0.123. The fraction of sp³-hybridized carbons (Fsp3) is 0.538. The largest absolute Gasteiger partial charge is 0.307 e. The van der Waals surface area contributed by atoms with Crippen LogP contribution in [-0.4, -0.2) is 22.5 Å². The smallest absolute Gasteiger partial charge is 0.269 e. The fourth-order valence-electron chi connectivity index (χ4n) is 1.77. The van der Waals surface area contributed by atoms with E-state index in [-0.39, 0.29) is 16.7 Å². The first-order valence-electron chi connectivity index (χ1n) is 6.12. The van der Waals surface area contributed by atoms with Crippen LogP contribution >= 0.6 is 11.8 Å². The average Bonchev–Trinajstić information content (AvgIpc) is 2.36. The molecule has 1 aromatic rings. The number of hydrogen-bond acceptors (Lipinski definition) is 4. The average molecular weight is 268 g/mol. The zero-order valence-corrected chi connectivity index (χ0v) is 11.9. The first-order chi connectivity index (χ1) is 8.54. The van der Waals surface area contributed by atoms with Crippen LogP contribution in [0.2, 0.25) is 0 Å². The molecule has 0 fully saturated rings. The van der Waals surface area contributed by atoms with Gasteiger partial charge in [-0.3, -0.25) is 10.1 Å². The molecule has 0 spiro atoms. The van der Waals surface area contributed by atoms with Gasteiger partial charge in [0.15, 0.2) is 0 Å². The van der Waals surface area contributed by atoms with Crippen LogP contribution in [0.5, 0.6) is 0 Å². The summed E-state index contributed by atoms with van der Waals surface area (Å²) < 4.78 is 0. The molecule has 18 heavy (non-hydrogen) atoms. The monoisotopic (exact) mass is 268 g/mol. The third-order valence-electron chi connectivity index (χ3n) is 2.69. The summed E-state index contributed by atoms with van der Waals surface area (Å²) in [5, 5.41) is 14.2. The molecular weight excluding hydrogens is 248 g/mol. The maximum atomic E-state index is 10.7. The van der Waals surface area contributed by atoms with E-state index in [0.717, 1.165) is 17.1 Å². The van der Waals surface area contributed by atoms with Gasteiger partial charge in [-0.1, -0.05) is 19.1 Å². The Morgan fingerprint density at radius 1 is 1.44 bits per heavy atom. The Hall–Kier alpha value is -1.07. The van der Waals surface area contributed by atoms with Crippen LogP contribution in [-0.2, 0) is 0 Å². The van der Waals surface area contributed by atoms with Gasteiger partial charge < -0.3 is 5.32 Å². The highest BCUT2D eigenvalue weighted by atomic mass is 32.2. The van der Waals surface area contributed by atoms with Gasteiger partial charge in [0.2, 0.25) is 0 Å². The number of nitrogens with zero attached hydrogens (tertiary/aromatic N) is 1. The maximum Gasteiger partial charge on any atom is 0.269 e. The Kier molecular flexibility index (Phi) is 6.15. The van der Waals surface area contributed by atoms with Gasteiger partial charge in [0.05, 0.1) is 4.92 Å². The molecule has 5 heteroatoms. The van der Waals surface area contributed by atoms with Crippen LogP contribution in [0.25, 0.3) is 0 Å². The van der Waals surface area contributed by atoms with Crippen LogP contribution in [0, 0.1) is 10.1 Å². The second-order valence-corrected chi connectivity index (χ2v) is 5.62. The van der Waals surface area contributed by atoms with Crippen molar-refractivity contribution in [1.29, 1.82) is 0 Å². The molecule has 0 aliphatic carbocycles. The molecule has 0 aromatic heterocycles. The first kappa shape index (κ1) is 15.0. The summed E-state index contributed by atoms with van der Waals surface area (Å²) in [5.41, 5.74) is 1.11. The molecule has 1 rings (SSSR count). The summed E-state index contributed by atoms with van der Waals surface area (Å²) in [5.74, 6) is 2.16. The Labute approximate surface area is 112 Å². The molecule has 0 saturated heterocycles. The number of nitrogens with one attached hydrogen (secondary N) is 1. The molecule has 0 aliphatic rings. The Morgan fingerprint density at radius 3 is 2.78 bits per heavy atom. The van der Waals surface area contributed by atoms with E-state index in [0.29, 0.717) is 6.04 Å². The molecule has 0 amide bonds. The second kappa shape index (κ2) is 7.38. The molecular formula is C13H20N2O2S. The van der Waals surface area contributed by atoms with Crippen molar-refractivity contribution in [1.82, 2.24) is 5.32 Å². The summed E-state index contributed by atoms with van der Waals surface area (Å²) in [6, 6.07) is 7.33. The third-order valence-corrected chi connectivity index (χ3v) is 3.83. The van der Waals surface area contributed by atoms with Crippen molar-refractivity contribution in [3.63, 3.8) is 0 Å². The van der Waals surface area contributed by atoms with E-state index in [2.05, 4.69) is 19.2 Å². The molecule has 0 aliphatic heterocycles. The predicted molar refractivity (Wildman–Crippen MR) is 77.1 cm³/mol. The standard InChI is InChI=1S/C13H20N2O2S/c1-4-18-9-10(2)14-11(3)12-6-5-7-13(8-12)15(16)17/h5-8,10-11,14H,4,9H2,1-3H3. The third kappa shape index (κ3) is 4.66. The number of nitro benzene ring substituents is 1. The number of thioether (sulfide) groups is 1. The van der Waals surface area contributed by atoms with Gasteiger partial charge in [0.1, 0.15) is 0 Å². The summed E-state index contributed by atoms with van der Waals surface area (Å²) in [7, 11) is 0. The number of nitro groups is 1. The molecule has 0 bridgehead atoms. The van der Waals surface area contributed by atoms with E-state index in [9.17, 15) is 10.1 Å². The normalized spacial score (nSPS) is 14.2. The lowest BCUT2D eigenvalue weighted by Gasteiger charge is -2.19. The van der Waals surface area contributed by atoms with Crippen molar-refractivity contribution in [2.75, 3.05) is 11.5 Å².